The van der Waals surface area contributed by atoms with E-state index in [4.69, 9.17) is 11.6 Å². The van der Waals surface area contributed by atoms with E-state index in [1.807, 2.05) is 5.38 Å². The molecule has 104 valence electrons. The van der Waals surface area contributed by atoms with Gasteiger partial charge in [0.25, 0.3) is 0 Å². The molecule has 0 aliphatic heterocycles. The van der Waals surface area contributed by atoms with Crippen molar-refractivity contribution in [2.75, 3.05) is 0 Å². The lowest BCUT2D eigenvalue weighted by Crippen LogP contribution is -2.12. The average molecular weight is 307 g/mol. The highest BCUT2D eigenvalue weighted by Crippen LogP contribution is 2.30. The van der Waals surface area contributed by atoms with Crippen molar-refractivity contribution in [2.45, 2.75) is 38.0 Å². The summed E-state index contributed by atoms with van der Waals surface area (Å²) in [5.74, 6) is 0.287. The van der Waals surface area contributed by atoms with E-state index < -0.39 is 5.92 Å². The van der Waals surface area contributed by atoms with E-state index in [2.05, 4.69) is 41.8 Å². The molecular formula is C14H15ClN4S. The van der Waals surface area contributed by atoms with Crippen molar-refractivity contribution in [1.82, 2.24) is 15.0 Å². The highest BCUT2D eigenvalue weighted by Gasteiger charge is 2.23. The summed E-state index contributed by atoms with van der Waals surface area (Å²) >= 11 is 7.23. The van der Waals surface area contributed by atoms with Gasteiger partial charge in [0.1, 0.15) is 16.7 Å². The molecule has 2 heterocycles. The number of rotatable bonds is 3. The van der Waals surface area contributed by atoms with E-state index in [1.165, 1.54) is 11.3 Å². The number of hydrogen-bond donors (Lipinski definition) is 0. The average Bonchev–Trinajstić information content (AvgIpc) is 2.89. The Bertz CT molecular complexity index is 639. The first-order valence-electron chi connectivity index (χ1n) is 6.19. The molecule has 0 saturated carbocycles. The highest BCUT2D eigenvalue weighted by molar-refractivity contribution is 7.09. The molecule has 1 unspecified atom stereocenters. The zero-order valence-corrected chi connectivity index (χ0v) is 13.2. The standard InChI is InChI=1S/C14H15ClN4S/c1-14(2,3)11-8-20-13(19-11)9(7-16)10-4-5-17-12(6-15)18-10/h4-5,8-9H,6H2,1-3H3. The van der Waals surface area contributed by atoms with Crippen LogP contribution in [0.5, 0.6) is 0 Å². The Balaban J connectivity index is 2.38. The van der Waals surface area contributed by atoms with Gasteiger partial charge >= 0.3 is 0 Å². The molecule has 0 aromatic carbocycles. The van der Waals surface area contributed by atoms with Gasteiger partial charge in [0.2, 0.25) is 0 Å². The maximum absolute atomic E-state index is 9.43. The van der Waals surface area contributed by atoms with Crippen LogP contribution in [0.4, 0.5) is 0 Å². The molecule has 0 aliphatic carbocycles. The van der Waals surface area contributed by atoms with Gasteiger partial charge in [0.15, 0.2) is 0 Å². The van der Waals surface area contributed by atoms with E-state index in [0.29, 0.717) is 11.5 Å². The molecule has 0 radical (unpaired) electrons. The Hall–Kier alpha value is -1.51. The van der Waals surface area contributed by atoms with Crippen molar-refractivity contribution in [2.24, 2.45) is 0 Å². The molecular weight excluding hydrogens is 292 g/mol. The van der Waals surface area contributed by atoms with Crippen molar-refractivity contribution in [3.05, 3.63) is 39.9 Å². The SMILES string of the molecule is CC(C)(C)c1csc(C(C#N)c2ccnc(CCl)n2)n1. The molecule has 2 aromatic rings. The second kappa shape index (κ2) is 5.86. The number of nitriles is 1. The number of aromatic nitrogens is 3. The van der Waals surface area contributed by atoms with Crippen LogP contribution in [0, 0.1) is 11.3 Å². The summed E-state index contributed by atoms with van der Waals surface area (Å²) in [5.41, 5.74) is 1.61. The summed E-state index contributed by atoms with van der Waals surface area (Å²) in [6, 6.07) is 4.00. The molecule has 0 bridgehead atoms. The summed E-state index contributed by atoms with van der Waals surface area (Å²) < 4.78 is 0. The Morgan fingerprint density at radius 2 is 2.15 bits per heavy atom. The van der Waals surface area contributed by atoms with Gasteiger partial charge in [0.05, 0.1) is 23.3 Å². The number of nitrogens with zero attached hydrogens (tertiary/aromatic N) is 4. The smallest absolute Gasteiger partial charge is 0.143 e. The van der Waals surface area contributed by atoms with Gasteiger partial charge in [-0.15, -0.1) is 22.9 Å². The Kier molecular flexibility index (Phi) is 4.36. The molecule has 4 nitrogen and oxygen atoms in total. The maximum atomic E-state index is 9.43. The fraction of sp³-hybridized carbons (Fsp3) is 0.429. The van der Waals surface area contributed by atoms with Crippen molar-refractivity contribution in [3.8, 4) is 6.07 Å². The van der Waals surface area contributed by atoms with Crippen molar-refractivity contribution in [1.29, 1.82) is 5.26 Å². The number of halogens is 1. The Morgan fingerprint density at radius 1 is 1.40 bits per heavy atom. The third-order valence-electron chi connectivity index (χ3n) is 2.81. The van der Waals surface area contributed by atoms with E-state index in [9.17, 15) is 5.26 Å². The summed E-state index contributed by atoms with van der Waals surface area (Å²) in [7, 11) is 0. The fourth-order valence-electron chi connectivity index (χ4n) is 1.65. The molecule has 2 aromatic heterocycles. The quantitative estimate of drug-likeness (QED) is 0.812. The van der Waals surface area contributed by atoms with E-state index in [1.54, 1.807) is 12.3 Å². The van der Waals surface area contributed by atoms with Gasteiger partial charge in [-0.25, -0.2) is 15.0 Å². The lowest BCUT2D eigenvalue weighted by atomic mass is 9.93. The highest BCUT2D eigenvalue weighted by atomic mass is 35.5. The van der Waals surface area contributed by atoms with Gasteiger partial charge in [-0.05, 0) is 6.07 Å². The molecule has 0 saturated heterocycles. The van der Waals surface area contributed by atoms with Gasteiger partial charge in [0, 0.05) is 17.0 Å². The van der Waals surface area contributed by atoms with E-state index >= 15 is 0 Å². The molecule has 6 heteroatoms. The lowest BCUT2D eigenvalue weighted by molar-refractivity contribution is 0.570. The summed E-state index contributed by atoms with van der Waals surface area (Å²) in [6.07, 6.45) is 1.63. The van der Waals surface area contributed by atoms with E-state index in [0.717, 1.165) is 10.7 Å². The summed E-state index contributed by atoms with van der Waals surface area (Å²) in [4.78, 5) is 12.9. The predicted octanol–water partition coefficient (Wildman–Crippen LogP) is 3.62. The third kappa shape index (κ3) is 3.14. The van der Waals surface area contributed by atoms with Crippen LogP contribution in [0.25, 0.3) is 0 Å². The fourth-order valence-corrected chi connectivity index (χ4v) is 2.88. The topological polar surface area (TPSA) is 62.5 Å². The molecule has 0 N–H and O–H groups in total. The zero-order valence-electron chi connectivity index (χ0n) is 11.6. The molecule has 0 amide bonds. The Morgan fingerprint density at radius 3 is 2.70 bits per heavy atom. The normalized spacial score (nSPS) is 12.9. The van der Waals surface area contributed by atoms with Crippen LogP contribution in [-0.2, 0) is 11.3 Å². The first kappa shape index (κ1) is 14.9. The van der Waals surface area contributed by atoms with Gasteiger partial charge in [-0.3, -0.25) is 0 Å². The second-order valence-electron chi connectivity index (χ2n) is 5.41. The molecule has 1 atom stereocenters. The maximum Gasteiger partial charge on any atom is 0.143 e. The number of alkyl halides is 1. The van der Waals surface area contributed by atoms with Crippen LogP contribution in [-0.4, -0.2) is 15.0 Å². The minimum absolute atomic E-state index is 0.0261. The third-order valence-corrected chi connectivity index (χ3v) is 3.96. The van der Waals surface area contributed by atoms with Gasteiger partial charge in [-0.1, -0.05) is 20.8 Å². The van der Waals surface area contributed by atoms with Crippen molar-refractivity contribution in [3.63, 3.8) is 0 Å². The molecule has 0 fully saturated rings. The first-order chi connectivity index (χ1) is 9.45. The van der Waals surface area contributed by atoms with Crippen LogP contribution >= 0.6 is 22.9 Å². The molecule has 0 aliphatic rings. The monoisotopic (exact) mass is 306 g/mol. The number of hydrogen-bond acceptors (Lipinski definition) is 5. The minimum atomic E-state index is -0.471. The predicted molar refractivity (Wildman–Crippen MR) is 79.9 cm³/mol. The minimum Gasteiger partial charge on any atom is -0.244 e. The van der Waals surface area contributed by atoms with Crippen molar-refractivity contribution < 1.29 is 0 Å². The summed E-state index contributed by atoms with van der Waals surface area (Å²) in [6.45, 7) is 6.30. The second-order valence-corrected chi connectivity index (χ2v) is 6.57. The van der Waals surface area contributed by atoms with Crippen molar-refractivity contribution >= 4 is 22.9 Å². The Labute approximate surface area is 127 Å². The van der Waals surface area contributed by atoms with E-state index in [-0.39, 0.29) is 11.3 Å². The van der Waals surface area contributed by atoms with Crippen LogP contribution in [0.1, 0.15) is 48.9 Å². The largest absolute Gasteiger partial charge is 0.244 e. The van der Waals surface area contributed by atoms with Crippen LogP contribution in [0.2, 0.25) is 0 Å². The van der Waals surface area contributed by atoms with Gasteiger partial charge < -0.3 is 0 Å². The molecule has 20 heavy (non-hydrogen) atoms. The lowest BCUT2D eigenvalue weighted by Gasteiger charge is -2.14. The zero-order chi connectivity index (χ0) is 14.8. The van der Waals surface area contributed by atoms with Crippen LogP contribution in [0.3, 0.4) is 0 Å². The van der Waals surface area contributed by atoms with Gasteiger partial charge in [-0.2, -0.15) is 5.26 Å². The molecule has 0 spiro atoms. The number of thiazole rings is 1. The summed E-state index contributed by atoms with van der Waals surface area (Å²) in [5, 5.41) is 12.2. The van der Waals surface area contributed by atoms with Crippen LogP contribution in [0.15, 0.2) is 17.6 Å². The first-order valence-corrected chi connectivity index (χ1v) is 7.60. The molecule has 2 rings (SSSR count). The van der Waals surface area contributed by atoms with Crippen LogP contribution < -0.4 is 0 Å².